The van der Waals surface area contributed by atoms with Gasteiger partial charge in [-0.05, 0) is 45.7 Å². The number of morpholine rings is 1. The molecule has 3 unspecified atom stereocenters. The molecule has 0 amide bonds. The number of hydrogen-bond donors (Lipinski definition) is 1. The van der Waals surface area contributed by atoms with Crippen LogP contribution in [0.2, 0.25) is 0 Å². The third-order valence-electron chi connectivity index (χ3n) is 4.20. The summed E-state index contributed by atoms with van der Waals surface area (Å²) < 4.78 is 34.6. The zero-order valence-electron chi connectivity index (χ0n) is 13.4. The average Bonchev–Trinajstić information content (AvgIpc) is 2.44. The lowest BCUT2D eigenvalue weighted by Gasteiger charge is -2.39. The summed E-state index contributed by atoms with van der Waals surface area (Å²) in [6.45, 7) is 9.97. The predicted octanol–water partition coefficient (Wildman–Crippen LogP) is 0.662. The predicted molar refractivity (Wildman–Crippen MR) is 83.3 cm³/mol. The largest absolute Gasteiger partial charge is 0.373 e. The van der Waals surface area contributed by atoms with E-state index in [2.05, 4.69) is 12.2 Å². The Morgan fingerprint density at radius 1 is 1.14 bits per heavy atom. The van der Waals surface area contributed by atoms with Crippen molar-refractivity contribution in [1.82, 2.24) is 13.9 Å². The molecule has 0 aromatic rings. The van der Waals surface area contributed by atoms with Crippen LogP contribution in [-0.2, 0) is 14.9 Å². The molecule has 0 spiro atoms. The second-order valence-corrected chi connectivity index (χ2v) is 8.18. The Bertz CT molecular complexity index is 419. The number of nitrogens with zero attached hydrogens (tertiary/aromatic N) is 2. The lowest BCUT2D eigenvalue weighted by atomic mass is 10.00. The van der Waals surface area contributed by atoms with Crippen molar-refractivity contribution < 1.29 is 13.2 Å². The quantitative estimate of drug-likeness (QED) is 0.809. The van der Waals surface area contributed by atoms with E-state index in [0.717, 1.165) is 25.9 Å². The van der Waals surface area contributed by atoms with Crippen LogP contribution in [0.25, 0.3) is 0 Å². The second kappa shape index (κ2) is 7.37. The SMILES string of the molecule is CCNCC1CCCN(S(=O)(=O)N2CC(C)OC(C)C2)C1. The van der Waals surface area contributed by atoms with Crippen molar-refractivity contribution >= 4 is 10.2 Å². The molecule has 0 aliphatic carbocycles. The van der Waals surface area contributed by atoms with Gasteiger partial charge in [-0.1, -0.05) is 6.92 Å². The maximum absolute atomic E-state index is 12.8. The molecule has 21 heavy (non-hydrogen) atoms. The van der Waals surface area contributed by atoms with Crippen LogP contribution in [0, 0.1) is 5.92 Å². The molecule has 6 nitrogen and oxygen atoms in total. The zero-order valence-corrected chi connectivity index (χ0v) is 14.2. The molecule has 2 aliphatic heterocycles. The molecule has 1 N–H and O–H groups in total. The standard InChI is InChI=1S/C14H29N3O3S/c1-4-15-8-14-6-5-7-16(11-14)21(18,19)17-9-12(2)20-13(3)10-17/h12-15H,4-11H2,1-3H3. The van der Waals surface area contributed by atoms with E-state index in [9.17, 15) is 8.42 Å². The minimum Gasteiger partial charge on any atom is -0.373 e. The van der Waals surface area contributed by atoms with E-state index in [1.54, 1.807) is 8.61 Å². The Morgan fingerprint density at radius 3 is 2.43 bits per heavy atom. The molecular formula is C14H29N3O3S. The van der Waals surface area contributed by atoms with Crippen molar-refractivity contribution in [3.05, 3.63) is 0 Å². The first-order valence-corrected chi connectivity index (χ1v) is 9.44. The van der Waals surface area contributed by atoms with Gasteiger partial charge in [-0.15, -0.1) is 0 Å². The zero-order chi connectivity index (χ0) is 15.5. The summed E-state index contributed by atoms with van der Waals surface area (Å²) in [6.07, 6.45) is 1.98. The van der Waals surface area contributed by atoms with E-state index in [0.29, 0.717) is 32.1 Å². The normalized spacial score (nSPS) is 33.2. The van der Waals surface area contributed by atoms with Gasteiger partial charge in [0.25, 0.3) is 10.2 Å². The van der Waals surface area contributed by atoms with Crippen molar-refractivity contribution in [2.75, 3.05) is 39.3 Å². The lowest BCUT2D eigenvalue weighted by molar-refractivity contribution is -0.0457. The number of rotatable bonds is 5. The summed E-state index contributed by atoms with van der Waals surface area (Å²) in [5.74, 6) is 0.421. The van der Waals surface area contributed by atoms with Gasteiger partial charge >= 0.3 is 0 Å². The molecule has 0 aromatic carbocycles. The van der Waals surface area contributed by atoms with E-state index in [-0.39, 0.29) is 12.2 Å². The molecular weight excluding hydrogens is 290 g/mol. The van der Waals surface area contributed by atoms with Gasteiger partial charge in [0.1, 0.15) is 0 Å². The summed E-state index contributed by atoms with van der Waals surface area (Å²) in [7, 11) is -3.35. The monoisotopic (exact) mass is 319 g/mol. The van der Waals surface area contributed by atoms with Gasteiger partial charge < -0.3 is 10.1 Å². The van der Waals surface area contributed by atoms with Crippen LogP contribution in [0.1, 0.15) is 33.6 Å². The molecule has 0 bridgehead atoms. The average molecular weight is 319 g/mol. The van der Waals surface area contributed by atoms with Gasteiger partial charge in [-0.3, -0.25) is 0 Å². The highest BCUT2D eigenvalue weighted by Crippen LogP contribution is 2.23. The highest BCUT2D eigenvalue weighted by Gasteiger charge is 2.37. The molecule has 0 radical (unpaired) electrons. The maximum atomic E-state index is 12.8. The van der Waals surface area contributed by atoms with E-state index < -0.39 is 10.2 Å². The molecule has 0 aromatic heterocycles. The van der Waals surface area contributed by atoms with Crippen LogP contribution in [0.3, 0.4) is 0 Å². The molecule has 2 heterocycles. The van der Waals surface area contributed by atoms with Gasteiger partial charge in [0.15, 0.2) is 0 Å². The van der Waals surface area contributed by atoms with Gasteiger partial charge in [-0.2, -0.15) is 17.0 Å². The number of ether oxygens (including phenoxy) is 1. The third-order valence-corrected chi connectivity index (χ3v) is 6.14. The van der Waals surface area contributed by atoms with Crippen LogP contribution in [-0.4, -0.2) is 68.5 Å². The van der Waals surface area contributed by atoms with Gasteiger partial charge in [0.2, 0.25) is 0 Å². The fourth-order valence-electron chi connectivity index (χ4n) is 3.23. The third kappa shape index (κ3) is 4.39. The van der Waals surface area contributed by atoms with Crippen LogP contribution < -0.4 is 5.32 Å². The molecule has 2 aliphatic rings. The lowest BCUT2D eigenvalue weighted by Crippen LogP contribution is -2.55. The smallest absolute Gasteiger partial charge is 0.282 e. The van der Waals surface area contributed by atoms with Gasteiger partial charge in [0.05, 0.1) is 12.2 Å². The molecule has 2 fully saturated rings. The summed E-state index contributed by atoms with van der Waals surface area (Å²) in [4.78, 5) is 0. The van der Waals surface area contributed by atoms with E-state index >= 15 is 0 Å². The molecule has 2 saturated heterocycles. The Balaban J connectivity index is 2.01. The first kappa shape index (κ1) is 17.1. The van der Waals surface area contributed by atoms with Crippen LogP contribution >= 0.6 is 0 Å². The van der Waals surface area contributed by atoms with Crippen molar-refractivity contribution in [1.29, 1.82) is 0 Å². The summed E-state index contributed by atoms with van der Waals surface area (Å²) in [5, 5.41) is 3.33. The minimum atomic E-state index is -3.35. The Morgan fingerprint density at radius 2 is 1.81 bits per heavy atom. The van der Waals surface area contributed by atoms with E-state index in [1.807, 2.05) is 13.8 Å². The first-order chi connectivity index (χ1) is 9.93. The minimum absolute atomic E-state index is 0.0362. The summed E-state index contributed by atoms with van der Waals surface area (Å²) >= 11 is 0. The first-order valence-electron chi connectivity index (χ1n) is 8.04. The highest BCUT2D eigenvalue weighted by atomic mass is 32.2. The second-order valence-electron chi connectivity index (χ2n) is 6.26. The summed E-state index contributed by atoms with van der Waals surface area (Å²) in [6, 6.07) is 0. The van der Waals surface area contributed by atoms with Crippen LogP contribution in [0.5, 0.6) is 0 Å². The van der Waals surface area contributed by atoms with Crippen molar-refractivity contribution in [2.45, 2.75) is 45.8 Å². The number of nitrogens with one attached hydrogen (secondary N) is 1. The van der Waals surface area contributed by atoms with Crippen molar-refractivity contribution in [3.8, 4) is 0 Å². The molecule has 3 atom stereocenters. The highest BCUT2D eigenvalue weighted by molar-refractivity contribution is 7.86. The van der Waals surface area contributed by atoms with Crippen molar-refractivity contribution in [2.24, 2.45) is 5.92 Å². The number of piperidine rings is 1. The van der Waals surface area contributed by atoms with Crippen molar-refractivity contribution in [3.63, 3.8) is 0 Å². The summed E-state index contributed by atoms with van der Waals surface area (Å²) in [5.41, 5.74) is 0. The Labute approximate surface area is 129 Å². The fraction of sp³-hybridized carbons (Fsp3) is 1.00. The topological polar surface area (TPSA) is 61.9 Å². The van der Waals surface area contributed by atoms with Gasteiger partial charge in [-0.25, -0.2) is 0 Å². The molecule has 0 saturated carbocycles. The molecule has 2 rings (SSSR count). The van der Waals surface area contributed by atoms with E-state index in [1.165, 1.54) is 0 Å². The molecule has 124 valence electrons. The molecule has 7 heteroatoms. The number of hydrogen-bond acceptors (Lipinski definition) is 4. The fourth-order valence-corrected chi connectivity index (χ4v) is 5.12. The maximum Gasteiger partial charge on any atom is 0.282 e. The van der Waals surface area contributed by atoms with Crippen LogP contribution in [0.15, 0.2) is 0 Å². The Kier molecular flexibility index (Phi) is 6.02. The Hall–Kier alpha value is -0.210. The van der Waals surface area contributed by atoms with E-state index in [4.69, 9.17) is 4.74 Å². The van der Waals surface area contributed by atoms with Gasteiger partial charge in [0, 0.05) is 26.2 Å². The van der Waals surface area contributed by atoms with Crippen LogP contribution in [0.4, 0.5) is 0 Å².